The fourth-order valence-corrected chi connectivity index (χ4v) is 1.17. The van der Waals surface area contributed by atoms with Crippen molar-refractivity contribution in [2.45, 2.75) is 6.42 Å². The maximum absolute atomic E-state index is 5.51. The zero-order valence-corrected chi connectivity index (χ0v) is 12.0. The normalized spacial score (nSPS) is 11.0. The molecule has 6 heteroatoms. The summed E-state index contributed by atoms with van der Waals surface area (Å²) in [5.41, 5.74) is 0. The van der Waals surface area contributed by atoms with Gasteiger partial charge in [-0.25, -0.2) is 0 Å². The number of alkyl halides is 1. The molecule has 0 unspecified atom stereocenters. The molecule has 0 fully saturated rings. The average molecular weight is 285 g/mol. The van der Waals surface area contributed by atoms with Crippen molar-refractivity contribution in [3.05, 3.63) is 0 Å². The maximum Gasteiger partial charge on any atom is 0.0701 e. The van der Waals surface area contributed by atoms with Gasteiger partial charge in [0.15, 0.2) is 0 Å². The Hall–Kier alpha value is 0.0900. The molecule has 110 valence electrons. The number of ether oxygens (including phenoxy) is 5. The van der Waals surface area contributed by atoms with E-state index in [0.717, 1.165) is 6.42 Å². The van der Waals surface area contributed by atoms with E-state index in [0.29, 0.717) is 65.3 Å². The van der Waals surface area contributed by atoms with Gasteiger partial charge in [-0.15, -0.1) is 11.6 Å². The molecule has 0 aromatic rings. The molecule has 0 aliphatic rings. The Morgan fingerprint density at radius 3 is 1.39 bits per heavy atom. The van der Waals surface area contributed by atoms with E-state index in [-0.39, 0.29) is 0 Å². The first-order valence-electron chi connectivity index (χ1n) is 6.27. The van der Waals surface area contributed by atoms with E-state index in [1.807, 2.05) is 0 Å². The van der Waals surface area contributed by atoms with Crippen LogP contribution >= 0.6 is 11.6 Å². The van der Waals surface area contributed by atoms with Gasteiger partial charge in [-0.05, 0) is 6.42 Å². The minimum absolute atomic E-state index is 0.579. The van der Waals surface area contributed by atoms with Gasteiger partial charge in [0.25, 0.3) is 0 Å². The van der Waals surface area contributed by atoms with Gasteiger partial charge in [0.2, 0.25) is 0 Å². The molecule has 0 heterocycles. The largest absolute Gasteiger partial charge is 0.382 e. The third-order valence-corrected chi connectivity index (χ3v) is 2.24. The Morgan fingerprint density at radius 1 is 0.611 bits per heavy atom. The lowest BCUT2D eigenvalue weighted by molar-refractivity contribution is -0.00765. The minimum Gasteiger partial charge on any atom is -0.382 e. The van der Waals surface area contributed by atoms with Crippen LogP contribution in [0.25, 0.3) is 0 Å². The van der Waals surface area contributed by atoms with Gasteiger partial charge in [-0.2, -0.15) is 0 Å². The van der Waals surface area contributed by atoms with Gasteiger partial charge in [-0.1, -0.05) is 0 Å². The number of hydrogen-bond donors (Lipinski definition) is 0. The van der Waals surface area contributed by atoms with Crippen molar-refractivity contribution in [3.8, 4) is 0 Å². The summed E-state index contributed by atoms with van der Waals surface area (Å²) in [6.07, 6.45) is 0.883. The van der Waals surface area contributed by atoms with Crippen molar-refractivity contribution in [2.24, 2.45) is 0 Å². The summed E-state index contributed by atoms with van der Waals surface area (Å²) in [6.45, 7) is 5.45. The minimum atomic E-state index is 0.579. The fraction of sp³-hybridized carbons (Fsp3) is 1.00. The molecule has 0 aromatic heterocycles. The summed E-state index contributed by atoms with van der Waals surface area (Å²) in [6, 6.07) is 0. The Labute approximate surface area is 115 Å². The molecule has 0 aromatic carbocycles. The highest BCUT2D eigenvalue weighted by Crippen LogP contribution is 1.87. The van der Waals surface area contributed by atoms with Crippen LogP contribution in [0.2, 0.25) is 0 Å². The zero-order chi connectivity index (χ0) is 13.3. The van der Waals surface area contributed by atoms with Gasteiger partial charge in [0.1, 0.15) is 0 Å². The molecule has 0 bridgehead atoms. The summed E-state index contributed by atoms with van der Waals surface area (Å²) in [7, 11) is 1.65. The molecule has 0 aliphatic carbocycles. The molecule has 0 aliphatic heterocycles. The number of hydrogen-bond acceptors (Lipinski definition) is 5. The van der Waals surface area contributed by atoms with Crippen LogP contribution in [0.15, 0.2) is 0 Å². The SMILES string of the molecule is COCCOCCOCCOCCOCCCCl. The van der Waals surface area contributed by atoms with Crippen molar-refractivity contribution < 1.29 is 23.7 Å². The van der Waals surface area contributed by atoms with Crippen LogP contribution in [0.5, 0.6) is 0 Å². The zero-order valence-electron chi connectivity index (χ0n) is 11.2. The third kappa shape index (κ3) is 16.1. The smallest absolute Gasteiger partial charge is 0.0701 e. The summed E-state index contributed by atoms with van der Waals surface area (Å²) in [5, 5.41) is 0. The lowest BCUT2D eigenvalue weighted by Gasteiger charge is -2.07. The van der Waals surface area contributed by atoms with Crippen molar-refractivity contribution in [1.82, 2.24) is 0 Å². The molecule has 0 rings (SSSR count). The lowest BCUT2D eigenvalue weighted by atomic mass is 10.5. The molecule has 0 saturated heterocycles. The van der Waals surface area contributed by atoms with E-state index in [4.69, 9.17) is 35.3 Å². The Morgan fingerprint density at radius 2 is 1.00 bits per heavy atom. The Balaban J connectivity index is 2.86. The molecular weight excluding hydrogens is 260 g/mol. The van der Waals surface area contributed by atoms with Crippen LogP contribution in [-0.4, -0.2) is 72.5 Å². The highest BCUT2D eigenvalue weighted by atomic mass is 35.5. The van der Waals surface area contributed by atoms with E-state index < -0.39 is 0 Å². The molecule has 5 nitrogen and oxygen atoms in total. The molecule has 0 spiro atoms. The standard InChI is InChI=1S/C12H25ClO5/c1-14-5-6-16-9-10-18-12-11-17-8-7-15-4-2-3-13/h2-12H2,1H3. The van der Waals surface area contributed by atoms with E-state index >= 15 is 0 Å². The van der Waals surface area contributed by atoms with E-state index in [9.17, 15) is 0 Å². The van der Waals surface area contributed by atoms with Gasteiger partial charge < -0.3 is 23.7 Å². The first-order valence-corrected chi connectivity index (χ1v) is 6.81. The highest BCUT2D eigenvalue weighted by Gasteiger charge is 1.92. The van der Waals surface area contributed by atoms with Crippen molar-refractivity contribution in [2.75, 3.05) is 72.5 Å². The maximum atomic E-state index is 5.51. The summed E-state index contributed by atoms with van der Waals surface area (Å²) < 4.78 is 26.0. The highest BCUT2D eigenvalue weighted by molar-refractivity contribution is 6.17. The molecular formula is C12H25ClO5. The quantitative estimate of drug-likeness (QED) is 0.335. The second-order valence-corrected chi connectivity index (χ2v) is 3.86. The van der Waals surface area contributed by atoms with Crippen LogP contribution in [0, 0.1) is 0 Å². The van der Waals surface area contributed by atoms with Gasteiger partial charge in [0, 0.05) is 19.6 Å². The predicted octanol–water partition coefficient (Wildman–Crippen LogP) is 1.33. The second-order valence-electron chi connectivity index (χ2n) is 3.48. The lowest BCUT2D eigenvalue weighted by Crippen LogP contribution is -2.13. The van der Waals surface area contributed by atoms with Gasteiger partial charge in [0.05, 0.1) is 52.9 Å². The van der Waals surface area contributed by atoms with E-state index in [1.165, 1.54) is 0 Å². The third-order valence-electron chi connectivity index (χ3n) is 1.97. The van der Waals surface area contributed by atoms with Gasteiger partial charge >= 0.3 is 0 Å². The van der Waals surface area contributed by atoms with Crippen molar-refractivity contribution >= 4 is 11.6 Å². The first-order chi connectivity index (χ1) is 8.91. The number of rotatable bonds is 15. The summed E-state index contributed by atoms with van der Waals surface area (Å²) in [5.74, 6) is 0.640. The van der Waals surface area contributed by atoms with Gasteiger partial charge in [-0.3, -0.25) is 0 Å². The Bertz CT molecular complexity index is 132. The van der Waals surface area contributed by atoms with E-state index in [1.54, 1.807) is 7.11 Å². The Kier molecular flexibility index (Phi) is 17.2. The summed E-state index contributed by atoms with van der Waals surface area (Å²) in [4.78, 5) is 0. The second kappa shape index (κ2) is 17.1. The molecule has 0 atom stereocenters. The molecule has 0 N–H and O–H groups in total. The predicted molar refractivity (Wildman–Crippen MR) is 70.5 cm³/mol. The van der Waals surface area contributed by atoms with Crippen LogP contribution < -0.4 is 0 Å². The topological polar surface area (TPSA) is 46.2 Å². The average Bonchev–Trinajstić information content (AvgIpc) is 2.39. The van der Waals surface area contributed by atoms with Crippen LogP contribution in [0.4, 0.5) is 0 Å². The van der Waals surface area contributed by atoms with E-state index in [2.05, 4.69) is 0 Å². The van der Waals surface area contributed by atoms with Crippen LogP contribution in [0.3, 0.4) is 0 Å². The summed E-state index contributed by atoms with van der Waals surface area (Å²) >= 11 is 5.51. The van der Waals surface area contributed by atoms with Crippen LogP contribution in [-0.2, 0) is 23.7 Å². The fourth-order valence-electron chi connectivity index (χ4n) is 1.06. The molecule has 18 heavy (non-hydrogen) atoms. The number of methoxy groups -OCH3 is 1. The van der Waals surface area contributed by atoms with Crippen molar-refractivity contribution in [3.63, 3.8) is 0 Å². The first kappa shape index (κ1) is 18.1. The van der Waals surface area contributed by atoms with Crippen molar-refractivity contribution in [1.29, 1.82) is 0 Å². The number of halogens is 1. The van der Waals surface area contributed by atoms with Crippen LogP contribution in [0.1, 0.15) is 6.42 Å². The molecule has 0 amide bonds. The monoisotopic (exact) mass is 284 g/mol. The molecule has 0 saturated carbocycles. The molecule has 0 radical (unpaired) electrons.